The van der Waals surface area contributed by atoms with Crippen LogP contribution in [0.15, 0.2) is 72.8 Å². The van der Waals surface area contributed by atoms with Crippen LogP contribution in [0.1, 0.15) is 54.6 Å². The summed E-state index contributed by atoms with van der Waals surface area (Å²) < 4.78 is 0. The highest BCUT2D eigenvalue weighted by atomic mass is 35.5. The number of hydrogen-bond donors (Lipinski definition) is 2. The lowest BCUT2D eigenvalue weighted by molar-refractivity contribution is -0.118. The van der Waals surface area contributed by atoms with Gasteiger partial charge in [0.25, 0.3) is 0 Å². The van der Waals surface area contributed by atoms with Gasteiger partial charge in [-0.25, -0.2) is 0 Å². The van der Waals surface area contributed by atoms with Crippen LogP contribution >= 0.6 is 23.4 Å². The number of benzene rings is 2. The molecule has 0 fully saturated rings. The molecular weight excluding hydrogens is 452 g/mol. The zero-order valence-electron chi connectivity index (χ0n) is 19.0. The average Bonchev–Trinajstić information content (AvgIpc) is 2.86. The van der Waals surface area contributed by atoms with E-state index < -0.39 is 5.91 Å². The van der Waals surface area contributed by atoms with Gasteiger partial charge in [-0.05, 0) is 49.1 Å². The summed E-state index contributed by atoms with van der Waals surface area (Å²) in [6.45, 7) is 6.11. The predicted octanol–water partition coefficient (Wildman–Crippen LogP) is 6.80. The molecule has 0 aliphatic carbocycles. The molecule has 2 aromatic rings. The Kier molecular flexibility index (Phi) is 8.59. The number of amides is 2. The summed E-state index contributed by atoms with van der Waals surface area (Å²) in [6, 6.07) is 12.7. The van der Waals surface area contributed by atoms with Crippen LogP contribution in [0.4, 0.5) is 5.69 Å². The number of thioether (sulfide) groups is 1. The number of carbonyl (C=O) groups excluding carboxylic acids is 2. The molecule has 3 N–H and O–H groups in total. The zero-order valence-corrected chi connectivity index (χ0v) is 20.6. The maximum absolute atomic E-state index is 13.2. The van der Waals surface area contributed by atoms with Gasteiger partial charge in [0.1, 0.15) is 0 Å². The SMILES string of the molecule is CC1/C=C\C=C/C/C=C(/c2ccc(NC(=O)C(c3ccc(Cl)cc3)C(C)C)cc2C(N)=O)S1. The van der Waals surface area contributed by atoms with Crippen LogP contribution in [0.2, 0.25) is 5.02 Å². The minimum Gasteiger partial charge on any atom is -0.366 e. The molecule has 172 valence electrons. The molecular formula is C27H29ClN2O2S. The molecule has 2 amide bonds. The number of primary amides is 1. The highest BCUT2D eigenvalue weighted by Crippen LogP contribution is 2.36. The number of rotatable bonds is 6. The number of allylic oxidation sites excluding steroid dienone is 4. The number of carbonyl (C=O) groups is 2. The van der Waals surface area contributed by atoms with E-state index in [2.05, 4.69) is 30.5 Å². The smallest absolute Gasteiger partial charge is 0.249 e. The fourth-order valence-corrected chi connectivity index (χ4v) is 4.98. The van der Waals surface area contributed by atoms with Gasteiger partial charge in [0.2, 0.25) is 11.8 Å². The number of hydrogen-bond acceptors (Lipinski definition) is 3. The zero-order chi connectivity index (χ0) is 24.0. The lowest BCUT2D eigenvalue weighted by atomic mass is 9.87. The standard InChI is InChI=1S/C27H29ClN2O2S/c1-17(2)25(19-10-12-20(28)13-11-19)27(32)30-21-14-15-22(23(16-21)26(29)31)24-9-7-5-4-6-8-18(3)33-24/h4-6,8-18,25H,7H2,1-3H3,(H2,29,31)(H,30,32)/b5-4-,8-6-,24-9-. The normalized spacial score (nSPS) is 20.5. The molecule has 2 atom stereocenters. The molecule has 0 spiro atoms. The van der Waals surface area contributed by atoms with E-state index in [9.17, 15) is 9.59 Å². The molecule has 0 saturated heterocycles. The largest absolute Gasteiger partial charge is 0.366 e. The van der Waals surface area contributed by atoms with Gasteiger partial charge in [-0.2, -0.15) is 0 Å². The molecule has 2 unspecified atom stereocenters. The molecule has 3 rings (SSSR count). The van der Waals surface area contributed by atoms with Gasteiger partial charge in [0, 0.05) is 32.0 Å². The fraction of sp³-hybridized carbons (Fsp3) is 0.259. The van der Waals surface area contributed by atoms with Crippen molar-refractivity contribution in [3.8, 4) is 0 Å². The van der Waals surface area contributed by atoms with Crippen LogP contribution in [0, 0.1) is 5.92 Å². The van der Waals surface area contributed by atoms with Gasteiger partial charge in [-0.1, -0.05) is 74.0 Å². The Bertz CT molecular complexity index is 1100. The average molecular weight is 481 g/mol. The highest BCUT2D eigenvalue weighted by molar-refractivity contribution is 8.09. The van der Waals surface area contributed by atoms with Crippen molar-refractivity contribution in [1.29, 1.82) is 0 Å². The molecule has 0 aromatic heterocycles. The van der Waals surface area contributed by atoms with Crippen molar-refractivity contribution in [3.63, 3.8) is 0 Å². The van der Waals surface area contributed by atoms with Gasteiger partial charge in [0.05, 0.1) is 5.92 Å². The van der Waals surface area contributed by atoms with E-state index in [1.54, 1.807) is 30.0 Å². The van der Waals surface area contributed by atoms with Crippen LogP contribution in [0.3, 0.4) is 0 Å². The van der Waals surface area contributed by atoms with Crippen LogP contribution < -0.4 is 11.1 Å². The monoisotopic (exact) mass is 480 g/mol. The van der Waals surface area contributed by atoms with Crippen LogP contribution in [-0.2, 0) is 4.79 Å². The Labute approximate surface area is 205 Å². The number of anilines is 1. The summed E-state index contributed by atoms with van der Waals surface area (Å²) in [6.07, 6.45) is 11.1. The quantitative estimate of drug-likeness (QED) is 0.477. The number of halogens is 1. The molecule has 33 heavy (non-hydrogen) atoms. The Hall–Kier alpha value is -2.76. The van der Waals surface area contributed by atoms with Gasteiger partial charge in [-0.15, -0.1) is 11.8 Å². The summed E-state index contributed by atoms with van der Waals surface area (Å²) in [5.41, 5.74) is 8.34. The second kappa shape index (κ2) is 11.4. The summed E-state index contributed by atoms with van der Waals surface area (Å²) >= 11 is 7.68. The second-order valence-corrected chi connectivity index (χ2v) is 10.2. The molecule has 0 saturated carbocycles. The third-order valence-electron chi connectivity index (χ3n) is 5.38. The van der Waals surface area contributed by atoms with Crippen molar-refractivity contribution in [2.24, 2.45) is 11.7 Å². The third-order valence-corrected chi connectivity index (χ3v) is 6.80. The molecule has 0 bridgehead atoms. The van der Waals surface area contributed by atoms with Crippen molar-refractivity contribution in [2.45, 2.75) is 38.4 Å². The third kappa shape index (κ3) is 6.62. The Balaban J connectivity index is 1.90. The van der Waals surface area contributed by atoms with Gasteiger partial charge in [-0.3, -0.25) is 9.59 Å². The maximum atomic E-state index is 13.2. The van der Waals surface area contributed by atoms with E-state index in [1.165, 1.54) is 0 Å². The summed E-state index contributed by atoms with van der Waals surface area (Å²) in [5, 5.41) is 3.84. The highest BCUT2D eigenvalue weighted by Gasteiger charge is 2.25. The number of nitrogens with two attached hydrogens (primary N) is 1. The van der Waals surface area contributed by atoms with Crippen molar-refractivity contribution in [1.82, 2.24) is 0 Å². The van der Waals surface area contributed by atoms with Crippen LogP contribution in [0.5, 0.6) is 0 Å². The summed E-state index contributed by atoms with van der Waals surface area (Å²) in [7, 11) is 0. The first kappa shape index (κ1) is 24.9. The molecule has 1 aliphatic rings. The minimum atomic E-state index is -0.528. The van der Waals surface area contributed by atoms with Crippen molar-refractivity contribution < 1.29 is 9.59 Å². The van der Waals surface area contributed by atoms with E-state index in [4.69, 9.17) is 17.3 Å². The first-order valence-electron chi connectivity index (χ1n) is 11.0. The fourth-order valence-electron chi connectivity index (χ4n) is 3.78. The molecule has 1 aliphatic heterocycles. The van der Waals surface area contributed by atoms with Gasteiger partial charge in [0.15, 0.2) is 0 Å². The lowest BCUT2D eigenvalue weighted by Crippen LogP contribution is -2.25. The molecule has 0 radical (unpaired) electrons. The Morgan fingerprint density at radius 2 is 1.85 bits per heavy atom. The Morgan fingerprint density at radius 3 is 2.52 bits per heavy atom. The van der Waals surface area contributed by atoms with Crippen LogP contribution in [-0.4, -0.2) is 17.1 Å². The van der Waals surface area contributed by atoms with Crippen molar-refractivity contribution in [3.05, 3.63) is 94.6 Å². The Morgan fingerprint density at radius 1 is 1.12 bits per heavy atom. The molecule has 4 nitrogen and oxygen atoms in total. The van der Waals surface area contributed by atoms with Gasteiger partial charge >= 0.3 is 0 Å². The first-order chi connectivity index (χ1) is 15.8. The topological polar surface area (TPSA) is 72.2 Å². The first-order valence-corrected chi connectivity index (χ1v) is 12.2. The summed E-state index contributed by atoms with van der Waals surface area (Å²) in [4.78, 5) is 26.5. The van der Waals surface area contributed by atoms with Crippen molar-refractivity contribution in [2.75, 3.05) is 5.32 Å². The van der Waals surface area contributed by atoms with E-state index in [0.717, 1.165) is 22.5 Å². The van der Waals surface area contributed by atoms with Crippen LogP contribution in [0.25, 0.3) is 4.91 Å². The number of nitrogens with one attached hydrogen (secondary N) is 1. The second-order valence-electron chi connectivity index (χ2n) is 8.33. The molecule has 2 aromatic carbocycles. The van der Waals surface area contributed by atoms with E-state index in [1.807, 2.05) is 50.3 Å². The van der Waals surface area contributed by atoms with E-state index in [0.29, 0.717) is 16.3 Å². The molecule has 1 heterocycles. The predicted molar refractivity (Wildman–Crippen MR) is 141 cm³/mol. The maximum Gasteiger partial charge on any atom is 0.249 e. The molecule has 6 heteroatoms. The van der Waals surface area contributed by atoms with Crippen molar-refractivity contribution >= 4 is 45.8 Å². The lowest BCUT2D eigenvalue weighted by Gasteiger charge is -2.21. The minimum absolute atomic E-state index is 0.0732. The van der Waals surface area contributed by atoms with E-state index in [-0.39, 0.29) is 23.0 Å². The van der Waals surface area contributed by atoms with E-state index >= 15 is 0 Å². The van der Waals surface area contributed by atoms with Gasteiger partial charge < -0.3 is 11.1 Å². The summed E-state index contributed by atoms with van der Waals surface area (Å²) in [5.74, 6) is -0.954.